The normalized spacial score (nSPS) is 11.4. The van der Waals surface area contributed by atoms with Crippen molar-refractivity contribution in [3.05, 3.63) is 23.8 Å². The number of rotatable bonds is 9. The van der Waals surface area contributed by atoms with E-state index in [1.54, 1.807) is 12.1 Å². The van der Waals surface area contributed by atoms with Crippen molar-refractivity contribution in [3.8, 4) is 11.5 Å². The molecule has 0 heterocycles. The van der Waals surface area contributed by atoms with Gasteiger partial charge in [0.25, 0.3) is 0 Å². The summed E-state index contributed by atoms with van der Waals surface area (Å²) in [4.78, 5) is 10.7. The van der Waals surface area contributed by atoms with Crippen molar-refractivity contribution < 1.29 is 29.2 Å². The van der Waals surface area contributed by atoms with Crippen molar-refractivity contribution in [1.29, 1.82) is 0 Å². The standard InChI is InChI=1S/C16H24O6/c1-4-7-11-16(20-5-2,21-6-3)12-9-8-10-13(14(12)17)22-15(18)19/h8-10,17H,4-7,11H2,1-3H3,(H,18,19). The summed E-state index contributed by atoms with van der Waals surface area (Å²) < 4.78 is 16.2. The summed E-state index contributed by atoms with van der Waals surface area (Å²) in [6.07, 6.45) is 0.839. The zero-order valence-corrected chi connectivity index (χ0v) is 13.3. The van der Waals surface area contributed by atoms with Crippen molar-refractivity contribution >= 4 is 6.16 Å². The largest absolute Gasteiger partial charge is 0.511 e. The number of phenolic OH excluding ortho intramolecular Hbond substituents is 1. The van der Waals surface area contributed by atoms with Gasteiger partial charge in [-0.15, -0.1) is 0 Å². The van der Waals surface area contributed by atoms with E-state index in [2.05, 4.69) is 4.74 Å². The molecule has 0 unspecified atom stereocenters. The fourth-order valence-corrected chi connectivity index (χ4v) is 2.36. The maximum absolute atomic E-state index is 10.7. The third kappa shape index (κ3) is 4.35. The highest BCUT2D eigenvalue weighted by molar-refractivity contribution is 5.63. The molecule has 0 bridgehead atoms. The van der Waals surface area contributed by atoms with Crippen LogP contribution in [-0.4, -0.2) is 29.6 Å². The Morgan fingerprint density at radius 2 is 1.82 bits per heavy atom. The van der Waals surface area contributed by atoms with Crippen LogP contribution in [0.15, 0.2) is 18.2 Å². The van der Waals surface area contributed by atoms with Crippen molar-refractivity contribution in [2.75, 3.05) is 13.2 Å². The summed E-state index contributed by atoms with van der Waals surface area (Å²) in [5.41, 5.74) is 0.378. The smallest absolute Gasteiger partial charge is 0.504 e. The Morgan fingerprint density at radius 3 is 2.32 bits per heavy atom. The Bertz CT molecular complexity index is 480. The molecule has 124 valence electrons. The second kappa shape index (κ2) is 8.60. The molecule has 0 radical (unpaired) electrons. The van der Waals surface area contributed by atoms with Crippen LogP contribution in [-0.2, 0) is 15.3 Å². The van der Waals surface area contributed by atoms with Crippen LogP contribution in [0.4, 0.5) is 4.79 Å². The molecule has 0 saturated heterocycles. The van der Waals surface area contributed by atoms with Crippen LogP contribution in [0.2, 0.25) is 0 Å². The predicted octanol–water partition coefficient (Wildman–Crippen LogP) is 3.87. The fourth-order valence-electron chi connectivity index (χ4n) is 2.36. The van der Waals surface area contributed by atoms with E-state index in [9.17, 15) is 9.90 Å². The minimum absolute atomic E-state index is 0.134. The predicted molar refractivity (Wildman–Crippen MR) is 81.2 cm³/mol. The van der Waals surface area contributed by atoms with Crippen LogP contribution in [0.1, 0.15) is 45.6 Å². The molecular weight excluding hydrogens is 288 g/mol. The van der Waals surface area contributed by atoms with Crippen molar-refractivity contribution in [1.82, 2.24) is 0 Å². The Kier molecular flexibility index (Phi) is 7.14. The van der Waals surface area contributed by atoms with Crippen LogP contribution in [0.25, 0.3) is 0 Å². The SMILES string of the molecule is CCCCC(OCC)(OCC)c1cccc(OC(=O)O)c1O. The van der Waals surface area contributed by atoms with E-state index in [0.29, 0.717) is 25.2 Å². The Labute approximate surface area is 130 Å². The highest BCUT2D eigenvalue weighted by Gasteiger charge is 2.37. The molecule has 22 heavy (non-hydrogen) atoms. The van der Waals surface area contributed by atoms with Gasteiger partial charge >= 0.3 is 6.16 Å². The second-order valence-corrected chi connectivity index (χ2v) is 4.74. The summed E-state index contributed by atoms with van der Waals surface area (Å²) in [5, 5.41) is 19.1. The second-order valence-electron chi connectivity index (χ2n) is 4.74. The lowest BCUT2D eigenvalue weighted by Crippen LogP contribution is -2.33. The summed E-state index contributed by atoms with van der Waals surface area (Å²) in [6, 6.07) is 4.65. The van der Waals surface area contributed by atoms with Gasteiger partial charge in [0.15, 0.2) is 17.3 Å². The molecule has 0 spiro atoms. The Balaban J connectivity index is 3.30. The van der Waals surface area contributed by atoms with Crippen LogP contribution in [0.3, 0.4) is 0 Å². The lowest BCUT2D eigenvalue weighted by atomic mass is 9.98. The van der Waals surface area contributed by atoms with Crippen LogP contribution in [0, 0.1) is 0 Å². The average Bonchev–Trinajstić information content (AvgIpc) is 2.47. The van der Waals surface area contributed by atoms with Crippen LogP contribution >= 0.6 is 0 Å². The number of hydrogen-bond donors (Lipinski definition) is 2. The minimum Gasteiger partial charge on any atom is -0.504 e. The molecule has 1 aromatic carbocycles. The number of phenols is 1. The van der Waals surface area contributed by atoms with Gasteiger partial charge in [-0.3, -0.25) is 0 Å². The third-order valence-corrected chi connectivity index (χ3v) is 3.22. The molecule has 0 aromatic heterocycles. The van der Waals surface area contributed by atoms with Crippen molar-refractivity contribution in [2.45, 2.75) is 45.8 Å². The van der Waals surface area contributed by atoms with Gasteiger partial charge in [-0.1, -0.05) is 19.4 Å². The van der Waals surface area contributed by atoms with E-state index in [-0.39, 0.29) is 11.5 Å². The van der Waals surface area contributed by atoms with Crippen molar-refractivity contribution in [2.24, 2.45) is 0 Å². The number of aromatic hydroxyl groups is 1. The van der Waals surface area contributed by atoms with E-state index < -0.39 is 11.9 Å². The third-order valence-electron chi connectivity index (χ3n) is 3.22. The zero-order valence-electron chi connectivity index (χ0n) is 13.3. The maximum Gasteiger partial charge on any atom is 0.511 e. The summed E-state index contributed by atoms with van der Waals surface area (Å²) in [5.74, 6) is -1.52. The first kappa shape index (κ1) is 18.3. The molecule has 6 nitrogen and oxygen atoms in total. The lowest BCUT2D eigenvalue weighted by molar-refractivity contribution is -0.248. The van der Waals surface area contributed by atoms with Gasteiger partial charge in [-0.25, -0.2) is 4.79 Å². The first-order valence-electron chi connectivity index (χ1n) is 7.51. The Morgan fingerprint density at radius 1 is 1.18 bits per heavy atom. The molecule has 0 amide bonds. The molecule has 0 atom stereocenters. The van der Waals surface area contributed by atoms with Gasteiger partial charge in [0, 0.05) is 19.6 Å². The molecule has 0 saturated carbocycles. The van der Waals surface area contributed by atoms with E-state index in [0.717, 1.165) is 12.8 Å². The summed E-state index contributed by atoms with van der Waals surface area (Å²) in [6.45, 7) is 6.52. The van der Waals surface area contributed by atoms with E-state index in [4.69, 9.17) is 14.6 Å². The van der Waals surface area contributed by atoms with Gasteiger partial charge in [0.2, 0.25) is 0 Å². The highest BCUT2D eigenvalue weighted by atomic mass is 16.7. The average molecular weight is 312 g/mol. The number of benzene rings is 1. The van der Waals surface area contributed by atoms with E-state index >= 15 is 0 Å². The molecule has 2 N–H and O–H groups in total. The monoisotopic (exact) mass is 312 g/mol. The first-order chi connectivity index (χ1) is 10.5. The van der Waals surface area contributed by atoms with Crippen LogP contribution in [0.5, 0.6) is 11.5 Å². The van der Waals surface area contributed by atoms with Crippen LogP contribution < -0.4 is 4.74 Å². The van der Waals surface area contributed by atoms with E-state index in [1.807, 2.05) is 20.8 Å². The van der Waals surface area contributed by atoms with Gasteiger partial charge < -0.3 is 24.4 Å². The molecular formula is C16H24O6. The Hall–Kier alpha value is -1.79. The molecule has 1 aromatic rings. The number of hydrogen-bond acceptors (Lipinski definition) is 5. The minimum atomic E-state index is -1.49. The van der Waals surface area contributed by atoms with Gasteiger partial charge in [0.05, 0.1) is 5.56 Å². The summed E-state index contributed by atoms with van der Waals surface area (Å²) >= 11 is 0. The molecule has 6 heteroatoms. The highest BCUT2D eigenvalue weighted by Crippen LogP contribution is 2.42. The summed E-state index contributed by atoms with van der Waals surface area (Å²) in [7, 11) is 0. The number of ether oxygens (including phenoxy) is 3. The van der Waals surface area contributed by atoms with Crippen molar-refractivity contribution in [3.63, 3.8) is 0 Å². The number of carboxylic acid groups (broad SMARTS) is 1. The molecule has 0 aliphatic carbocycles. The topological polar surface area (TPSA) is 85.2 Å². The quantitative estimate of drug-likeness (QED) is 0.409. The number of unbranched alkanes of at least 4 members (excludes halogenated alkanes) is 1. The molecule has 0 fully saturated rings. The molecule has 1 rings (SSSR count). The first-order valence-corrected chi connectivity index (χ1v) is 7.51. The zero-order chi connectivity index (χ0) is 16.6. The maximum atomic E-state index is 10.7. The lowest BCUT2D eigenvalue weighted by Gasteiger charge is -2.34. The number of carbonyl (C=O) groups is 1. The fraction of sp³-hybridized carbons (Fsp3) is 0.562. The van der Waals surface area contributed by atoms with E-state index in [1.165, 1.54) is 6.07 Å². The van der Waals surface area contributed by atoms with Gasteiger partial charge in [-0.2, -0.15) is 0 Å². The van der Waals surface area contributed by atoms with Gasteiger partial charge in [0.1, 0.15) is 0 Å². The molecule has 0 aliphatic rings. The molecule has 0 aliphatic heterocycles. The number of para-hydroxylation sites is 1. The van der Waals surface area contributed by atoms with Gasteiger partial charge in [-0.05, 0) is 32.4 Å².